The van der Waals surface area contributed by atoms with E-state index < -0.39 is 6.10 Å². The van der Waals surface area contributed by atoms with E-state index in [0.29, 0.717) is 28.2 Å². The molecule has 0 saturated carbocycles. The number of hydrogen-bond donors (Lipinski definition) is 1. The van der Waals surface area contributed by atoms with Crippen LogP contribution < -0.4 is 5.56 Å². The second-order valence-electron chi connectivity index (χ2n) is 6.35. The fraction of sp³-hybridized carbons (Fsp3) is 0.444. The summed E-state index contributed by atoms with van der Waals surface area (Å²) in [5.41, 5.74) is 2.44. The van der Waals surface area contributed by atoms with Crippen LogP contribution in [-0.2, 0) is 16.0 Å². The Balaban J connectivity index is 1.71. The molecule has 0 aromatic carbocycles. The molecule has 3 rings (SSSR count). The standard InChI is InChI=1S/C18H21N3O4S/c1-8-12(5)26-18-15(8)17(23)19-16(20-18)11(4)24-14(22)7-6-13-9(2)21-25-10(13)3/h11H,6-7H2,1-5H3,(H,19,20,23)/t11-/m0/s1. The van der Waals surface area contributed by atoms with E-state index in [9.17, 15) is 9.59 Å². The molecule has 3 aromatic rings. The van der Waals surface area contributed by atoms with E-state index in [0.717, 1.165) is 21.7 Å². The number of hydrogen-bond acceptors (Lipinski definition) is 7. The first-order valence-corrected chi connectivity index (χ1v) is 9.20. The van der Waals surface area contributed by atoms with Gasteiger partial charge in [-0.05, 0) is 46.6 Å². The molecule has 1 N–H and O–H groups in total. The number of carbonyl (C=O) groups is 1. The monoisotopic (exact) mass is 375 g/mol. The van der Waals surface area contributed by atoms with Gasteiger partial charge in [-0.1, -0.05) is 5.16 Å². The lowest BCUT2D eigenvalue weighted by molar-refractivity contribution is -0.148. The summed E-state index contributed by atoms with van der Waals surface area (Å²) in [7, 11) is 0. The Morgan fingerprint density at radius 2 is 2.04 bits per heavy atom. The lowest BCUT2D eigenvalue weighted by Gasteiger charge is -2.12. The highest BCUT2D eigenvalue weighted by Crippen LogP contribution is 2.27. The van der Waals surface area contributed by atoms with Crippen molar-refractivity contribution in [3.63, 3.8) is 0 Å². The molecule has 3 aromatic heterocycles. The summed E-state index contributed by atoms with van der Waals surface area (Å²) in [5.74, 6) is 0.705. The average Bonchev–Trinajstić information content (AvgIpc) is 3.05. The van der Waals surface area contributed by atoms with Crippen LogP contribution in [0.15, 0.2) is 9.32 Å². The van der Waals surface area contributed by atoms with Crippen LogP contribution in [0.2, 0.25) is 0 Å². The molecule has 0 unspecified atom stereocenters. The SMILES string of the molecule is Cc1noc(C)c1CCC(=O)O[C@@H](C)c1nc2sc(C)c(C)c2c(=O)[nH]1. The van der Waals surface area contributed by atoms with Gasteiger partial charge in [-0.15, -0.1) is 11.3 Å². The Hall–Kier alpha value is -2.48. The van der Waals surface area contributed by atoms with Gasteiger partial charge < -0.3 is 14.2 Å². The van der Waals surface area contributed by atoms with Gasteiger partial charge in [0.25, 0.3) is 5.56 Å². The van der Waals surface area contributed by atoms with Crippen LogP contribution in [0, 0.1) is 27.7 Å². The minimum atomic E-state index is -0.632. The van der Waals surface area contributed by atoms with E-state index in [1.807, 2.05) is 27.7 Å². The van der Waals surface area contributed by atoms with E-state index >= 15 is 0 Å². The summed E-state index contributed by atoms with van der Waals surface area (Å²) in [6.07, 6.45) is 0.0719. The highest BCUT2D eigenvalue weighted by molar-refractivity contribution is 7.18. The summed E-state index contributed by atoms with van der Waals surface area (Å²) < 4.78 is 10.5. The molecule has 0 aliphatic heterocycles. The Bertz CT molecular complexity index is 1010. The van der Waals surface area contributed by atoms with Crippen molar-refractivity contribution in [1.29, 1.82) is 0 Å². The molecule has 0 saturated heterocycles. The number of carbonyl (C=O) groups excluding carboxylic acids is 1. The van der Waals surface area contributed by atoms with Gasteiger partial charge in [0.15, 0.2) is 11.9 Å². The van der Waals surface area contributed by atoms with Gasteiger partial charge in [0.05, 0.1) is 11.1 Å². The Labute approximate surface area is 154 Å². The molecular formula is C18H21N3O4S. The van der Waals surface area contributed by atoms with Crippen LogP contribution in [-0.4, -0.2) is 21.1 Å². The smallest absolute Gasteiger partial charge is 0.306 e. The molecule has 0 amide bonds. The molecule has 0 aliphatic rings. The number of aromatic amines is 1. The maximum Gasteiger partial charge on any atom is 0.306 e. The number of aromatic nitrogens is 3. The molecule has 26 heavy (non-hydrogen) atoms. The molecule has 0 spiro atoms. The van der Waals surface area contributed by atoms with Gasteiger partial charge >= 0.3 is 5.97 Å². The summed E-state index contributed by atoms with van der Waals surface area (Å²) in [6, 6.07) is 0. The summed E-state index contributed by atoms with van der Waals surface area (Å²) in [4.78, 5) is 33.4. The van der Waals surface area contributed by atoms with Crippen molar-refractivity contribution < 1.29 is 14.1 Å². The van der Waals surface area contributed by atoms with Crippen molar-refractivity contribution in [3.05, 3.63) is 43.6 Å². The van der Waals surface area contributed by atoms with E-state index in [1.165, 1.54) is 11.3 Å². The summed E-state index contributed by atoms with van der Waals surface area (Å²) in [6.45, 7) is 9.22. The number of H-pyrrole nitrogens is 1. The van der Waals surface area contributed by atoms with Gasteiger partial charge in [-0.3, -0.25) is 9.59 Å². The first-order valence-electron chi connectivity index (χ1n) is 8.39. The quantitative estimate of drug-likeness (QED) is 0.686. The first kappa shape index (κ1) is 18.3. The zero-order chi connectivity index (χ0) is 19.0. The van der Waals surface area contributed by atoms with Crippen molar-refractivity contribution in [3.8, 4) is 0 Å². The van der Waals surface area contributed by atoms with Crippen molar-refractivity contribution in [2.75, 3.05) is 0 Å². The summed E-state index contributed by atoms with van der Waals surface area (Å²) in [5, 5.41) is 4.48. The highest BCUT2D eigenvalue weighted by atomic mass is 32.1. The maximum atomic E-state index is 12.3. The third-order valence-corrected chi connectivity index (χ3v) is 5.61. The zero-order valence-electron chi connectivity index (χ0n) is 15.4. The minimum absolute atomic E-state index is 0.203. The van der Waals surface area contributed by atoms with Gasteiger partial charge in [0, 0.05) is 16.9 Å². The van der Waals surface area contributed by atoms with Crippen LogP contribution in [0.1, 0.15) is 52.7 Å². The van der Waals surface area contributed by atoms with Crippen LogP contribution >= 0.6 is 11.3 Å². The normalized spacial score (nSPS) is 12.5. The fourth-order valence-electron chi connectivity index (χ4n) is 2.86. The number of nitrogens with one attached hydrogen (secondary N) is 1. The molecule has 3 heterocycles. The molecule has 1 atom stereocenters. The zero-order valence-corrected chi connectivity index (χ0v) is 16.2. The van der Waals surface area contributed by atoms with Gasteiger partial charge in [0.1, 0.15) is 10.6 Å². The van der Waals surface area contributed by atoms with Gasteiger partial charge in [0.2, 0.25) is 0 Å². The number of thiophene rings is 1. The Morgan fingerprint density at radius 3 is 2.69 bits per heavy atom. The predicted octanol–water partition coefficient (Wildman–Crippen LogP) is 3.44. The van der Waals surface area contributed by atoms with Crippen molar-refractivity contribution >= 4 is 27.5 Å². The number of ether oxygens (including phenoxy) is 1. The predicted molar refractivity (Wildman–Crippen MR) is 98.5 cm³/mol. The topological polar surface area (TPSA) is 98.1 Å². The number of aryl methyl sites for hydroxylation is 4. The van der Waals surface area contributed by atoms with Crippen LogP contribution in [0.3, 0.4) is 0 Å². The van der Waals surface area contributed by atoms with Crippen LogP contribution in [0.5, 0.6) is 0 Å². The third kappa shape index (κ3) is 3.41. The number of esters is 1. The average molecular weight is 375 g/mol. The molecule has 138 valence electrons. The van der Waals surface area contributed by atoms with Gasteiger partial charge in [-0.2, -0.15) is 0 Å². The fourth-order valence-corrected chi connectivity index (χ4v) is 3.90. The van der Waals surface area contributed by atoms with E-state index in [2.05, 4.69) is 15.1 Å². The summed E-state index contributed by atoms with van der Waals surface area (Å²) >= 11 is 1.47. The molecule has 8 heteroatoms. The molecule has 0 radical (unpaired) electrons. The lowest BCUT2D eigenvalue weighted by Crippen LogP contribution is -2.17. The first-order chi connectivity index (χ1) is 12.3. The number of rotatable bonds is 5. The lowest BCUT2D eigenvalue weighted by atomic mass is 10.1. The third-order valence-electron chi connectivity index (χ3n) is 4.51. The van der Waals surface area contributed by atoms with E-state index in [1.54, 1.807) is 6.92 Å². The molecule has 0 aliphatic carbocycles. The largest absolute Gasteiger partial charge is 0.454 e. The molecule has 7 nitrogen and oxygen atoms in total. The molecular weight excluding hydrogens is 354 g/mol. The Morgan fingerprint density at radius 1 is 1.31 bits per heavy atom. The second-order valence-corrected chi connectivity index (χ2v) is 7.55. The Kier molecular flexibility index (Phi) is 4.95. The number of fused-ring (bicyclic) bond motifs is 1. The minimum Gasteiger partial charge on any atom is -0.454 e. The number of nitrogens with zero attached hydrogens (tertiary/aromatic N) is 2. The van der Waals surface area contributed by atoms with Crippen molar-refractivity contribution in [2.45, 2.75) is 53.6 Å². The van der Waals surface area contributed by atoms with E-state index in [-0.39, 0.29) is 17.9 Å². The van der Waals surface area contributed by atoms with Crippen LogP contribution in [0.4, 0.5) is 0 Å². The van der Waals surface area contributed by atoms with Gasteiger partial charge in [-0.25, -0.2) is 4.98 Å². The maximum absolute atomic E-state index is 12.3. The van der Waals surface area contributed by atoms with Crippen molar-refractivity contribution in [1.82, 2.24) is 15.1 Å². The van der Waals surface area contributed by atoms with Crippen LogP contribution in [0.25, 0.3) is 10.2 Å². The van der Waals surface area contributed by atoms with Crippen molar-refractivity contribution in [2.24, 2.45) is 0 Å². The molecule has 0 bridgehead atoms. The van der Waals surface area contributed by atoms with E-state index in [4.69, 9.17) is 9.26 Å². The molecule has 0 fully saturated rings. The highest BCUT2D eigenvalue weighted by Gasteiger charge is 2.19. The second kappa shape index (κ2) is 7.03.